The van der Waals surface area contributed by atoms with E-state index in [1.54, 1.807) is 18.3 Å². The van der Waals surface area contributed by atoms with Crippen molar-refractivity contribution in [1.29, 1.82) is 0 Å². The van der Waals surface area contributed by atoms with E-state index in [1.807, 2.05) is 22.8 Å². The molecule has 140 valence electrons. The van der Waals surface area contributed by atoms with Crippen LogP contribution in [0.4, 0.5) is 4.39 Å². The smallest absolute Gasteiger partial charge is 0.207 e. The number of hydrogen-bond donors (Lipinski definition) is 1. The van der Waals surface area contributed by atoms with Crippen LogP contribution in [0.2, 0.25) is 0 Å². The summed E-state index contributed by atoms with van der Waals surface area (Å²) in [6, 6.07) is 11.8. The second kappa shape index (κ2) is 7.47. The maximum Gasteiger partial charge on any atom is 0.207 e. The SMILES string of the molecule is O=C(CC(=O)c1cn(Cc2ccc(F)cc2)c2ccc(Br)cc12)c1ncn[nH]1. The van der Waals surface area contributed by atoms with Crippen LogP contribution in [0.3, 0.4) is 0 Å². The summed E-state index contributed by atoms with van der Waals surface area (Å²) < 4.78 is 15.9. The van der Waals surface area contributed by atoms with Crippen LogP contribution < -0.4 is 0 Å². The molecule has 4 aromatic rings. The Balaban J connectivity index is 1.69. The average Bonchev–Trinajstić information content (AvgIpc) is 3.32. The number of H-pyrrole nitrogens is 1. The summed E-state index contributed by atoms with van der Waals surface area (Å²) in [5, 5.41) is 6.86. The lowest BCUT2D eigenvalue weighted by Crippen LogP contribution is -2.10. The number of fused-ring (bicyclic) bond motifs is 1. The van der Waals surface area contributed by atoms with Crippen LogP contribution in [0.5, 0.6) is 0 Å². The second-order valence-electron chi connectivity index (χ2n) is 6.32. The Labute approximate surface area is 167 Å². The summed E-state index contributed by atoms with van der Waals surface area (Å²) in [5.41, 5.74) is 2.20. The number of ketones is 2. The number of nitrogens with zero attached hydrogens (tertiary/aromatic N) is 3. The molecule has 0 unspecified atom stereocenters. The lowest BCUT2D eigenvalue weighted by atomic mass is 10.0. The van der Waals surface area contributed by atoms with E-state index in [2.05, 4.69) is 31.1 Å². The van der Waals surface area contributed by atoms with E-state index in [0.717, 1.165) is 20.9 Å². The Morgan fingerprint density at radius 2 is 1.89 bits per heavy atom. The van der Waals surface area contributed by atoms with Crippen molar-refractivity contribution in [2.75, 3.05) is 0 Å². The number of rotatable bonds is 6. The van der Waals surface area contributed by atoms with Gasteiger partial charge in [0.2, 0.25) is 5.78 Å². The number of aromatic nitrogens is 4. The zero-order valence-corrected chi connectivity index (χ0v) is 16.1. The maximum atomic E-state index is 13.2. The maximum absolute atomic E-state index is 13.2. The van der Waals surface area contributed by atoms with Gasteiger partial charge >= 0.3 is 0 Å². The number of Topliss-reactive ketones (excluding diaryl/α,β-unsaturated/α-hetero) is 2. The Morgan fingerprint density at radius 1 is 1.11 bits per heavy atom. The number of nitrogens with one attached hydrogen (secondary N) is 1. The lowest BCUT2D eigenvalue weighted by molar-refractivity contribution is 0.0889. The zero-order chi connectivity index (χ0) is 19.7. The molecule has 0 saturated heterocycles. The van der Waals surface area contributed by atoms with Crippen LogP contribution in [0, 0.1) is 5.82 Å². The van der Waals surface area contributed by atoms with Gasteiger partial charge < -0.3 is 4.57 Å². The minimum Gasteiger partial charge on any atom is -0.342 e. The van der Waals surface area contributed by atoms with E-state index in [9.17, 15) is 14.0 Å². The molecular formula is C20H14BrFN4O2. The fraction of sp³-hybridized carbons (Fsp3) is 0.100. The monoisotopic (exact) mass is 440 g/mol. The van der Waals surface area contributed by atoms with Gasteiger partial charge in [0.25, 0.3) is 0 Å². The van der Waals surface area contributed by atoms with E-state index < -0.39 is 5.78 Å². The third kappa shape index (κ3) is 3.63. The van der Waals surface area contributed by atoms with Gasteiger partial charge in [-0.1, -0.05) is 28.1 Å². The first-order valence-corrected chi connectivity index (χ1v) is 9.25. The van der Waals surface area contributed by atoms with Gasteiger partial charge in [-0.15, -0.1) is 0 Å². The molecule has 8 heteroatoms. The summed E-state index contributed by atoms with van der Waals surface area (Å²) in [6.07, 6.45) is 2.65. The molecule has 6 nitrogen and oxygen atoms in total. The van der Waals surface area contributed by atoms with Crippen molar-refractivity contribution in [2.45, 2.75) is 13.0 Å². The molecule has 2 aromatic heterocycles. The molecule has 0 aliphatic carbocycles. The van der Waals surface area contributed by atoms with Crippen molar-refractivity contribution >= 4 is 38.4 Å². The molecule has 28 heavy (non-hydrogen) atoms. The van der Waals surface area contributed by atoms with Gasteiger partial charge in [0.1, 0.15) is 12.1 Å². The van der Waals surface area contributed by atoms with Gasteiger partial charge in [-0.25, -0.2) is 9.37 Å². The van der Waals surface area contributed by atoms with Crippen LogP contribution in [-0.4, -0.2) is 31.3 Å². The topological polar surface area (TPSA) is 80.6 Å². The van der Waals surface area contributed by atoms with Gasteiger partial charge in [0.05, 0.1) is 6.42 Å². The molecule has 0 spiro atoms. The number of benzene rings is 2. The van der Waals surface area contributed by atoms with Crippen molar-refractivity contribution in [2.24, 2.45) is 0 Å². The van der Waals surface area contributed by atoms with Crippen LogP contribution in [0.15, 0.2) is 59.5 Å². The van der Waals surface area contributed by atoms with Crippen molar-refractivity contribution in [3.63, 3.8) is 0 Å². The van der Waals surface area contributed by atoms with Gasteiger partial charge in [0.15, 0.2) is 11.6 Å². The first kappa shape index (κ1) is 18.2. The molecule has 0 radical (unpaired) electrons. The van der Waals surface area contributed by atoms with Crippen LogP contribution in [-0.2, 0) is 6.54 Å². The summed E-state index contributed by atoms with van der Waals surface area (Å²) in [5.74, 6) is -0.962. The zero-order valence-electron chi connectivity index (χ0n) is 14.5. The molecule has 0 saturated carbocycles. The molecular weight excluding hydrogens is 427 g/mol. The summed E-state index contributed by atoms with van der Waals surface area (Å²) in [7, 11) is 0. The third-order valence-electron chi connectivity index (χ3n) is 4.41. The van der Waals surface area contributed by atoms with Gasteiger partial charge in [-0.2, -0.15) is 5.10 Å². The third-order valence-corrected chi connectivity index (χ3v) is 4.90. The molecule has 0 atom stereocenters. The minimum atomic E-state index is -0.420. The summed E-state index contributed by atoms with van der Waals surface area (Å²) >= 11 is 3.43. The number of halogens is 2. The first-order valence-electron chi connectivity index (χ1n) is 8.46. The van der Waals surface area contributed by atoms with Crippen molar-refractivity contribution in [3.05, 3.63) is 82.2 Å². The number of hydrogen-bond acceptors (Lipinski definition) is 4. The fourth-order valence-corrected chi connectivity index (χ4v) is 3.43. The molecule has 0 amide bonds. The Bertz CT molecular complexity index is 1170. The van der Waals surface area contributed by atoms with E-state index in [4.69, 9.17) is 0 Å². The molecule has 4 rings (SSSR count). The van der Waals surface area contributed by atoms with Crippen LogP contribution >= 0.6 is 15.9 Å². The first-order chi connectivity index (χ1) is 13.5. The van der Waals surface area contributed by atoms with Crippen LogP contribution in [0.1, 0.15) is 33.0 Å². The molecule has 0 aliphatic heterocycles. The predicted octanol–water partition coefficient (Wildman–Crippen LogP) is 4.17. The van der Waals surface area contributed by atoms with E-state index in [-0.39, 0.29) is 23.8 Å². The summed E-state index contributed by atoms with van der Waals surface area (Å²) in [6.45, 7) is 0.474. The highest BCUT2D eigenvalue weighted by atomic mass is 79.9. The Morgan fingerprint density at radius 3 is 2.61 bits per heavy atom. The van der Waals surface area contributed by atoms with E-state index in [1.165, 1.54) is 18.5 Å². The van der Waals surface area contributed by atoms with Crippen molar-refractivity contribution < 1.29 is 14.0 Å². The van der Waals surface area contributed by atoms with E-state index in [0.29, 0.717) is 12.1 Å². The number of carbonyl (C=O) groups excluding carboxylic acids is 2. The Kier molecular flexibility index (Phi) is 4.87. The largest absolute Gasteiger partial charge is 0.342 e. The Hall–Kier alpha value is -3.13. The summed E-state index contributed by atoms with van der Waals surface area (Å²) in [4.78, 5) is 28.8. The van der Waals surface area contributed by atoms with Gasteiger partial charge in [-0.05, 0) is 35.9 Å². The molecule has 0 aliphatic rings. The number of aromatic amines is 1. The quantitative estimate of drug-likeness (QED) is 0.360. The highest BCUT2D eigenvalue weighted by Gasteiger charge is 2.20. The lowest BCUT2D eigenvalue weighted by Gasteiger charge is -2.05. The fourth-order valence-electron chi connectivity index (χ4n) is 3.07. The number of carbonyl (C=O) groups is 2. The highest BCUT2D eigenvalue weighted by molar-refractivity contribution is 9.10. The standard InChI is InChI=1S/C20H14BrFN4O2/c21-13-3-6-17-15(7-13)16(18(27)8-19(28)20-23-11-24-25-20)10-26(17)9-12-1-4-14(22)5-2-12/h1-7,10-11H,8-9H2,(H,23,24,25). The van der Waals surface area contributed by atoms with Gasteiger partial charge in [-0.3, -0.25) is 14.7 Å². The molecule has 2 aromatic carbocycles. The van der Waals surface area contributed by atoms with Crippen molar-refractivity contribution in [1.82, 2.24) is 19.7 Å². The van der Waals surface area contributed by atoms with Crippen LogP contribution in [0.25, 0.3) is 10.9 Å². The minimum absolute atomic E-state index is 0.0598. The second-order valence-corrected chi connectivity index (χ2v) is 7.23. The molecule has 0 fully saturated rings. The van der Waals surface area contributed by atoms with Gasteiger partial charge in [0, 0.05) is 33.7 Å². The molecule has 1 N–H and O–H groups in total. The normalized spacial score (nSPS) is 11.1. The highest BCUT2D eigenvalue weighted by Crippen LogP contribution is 2.27. The van der Waals surface area contributed by atoms with E-state index >= 15 is 0 Å². The average molecular weight is 441 g/mol. The molecule has 2 heterocycles. The molecule has 0 bridgehead atoms. The predicted molar refractivity (Wildman–Crippen MR) is 105 cm³/mol. The van der Waals surface area contributed by atoms with Crippen molar-refractivity contribution in [3.8, 4) is 0 Å².